The molecule has 0 amide bonds. The predicted molar refractivity (Wildman–Crippen MR) is 102 cm³/mol. The molecule has 24 heavy (non-hydrogen) atoms. The molecule has 0 spiro atoms. The van der Waals surface area contributed by atoms with Gasteiger partial charge in [-0.15, -0.1) is 10.2 Å². The lowest BCUT2D eigenvalue weighted by Gasteiger charge is -2.14. The van der Waals surface area contributed by atoms with Crippen LogP contribution in [-0.2, 0) is 0 Å². The zero-order valence-corrected chi connectivity index (χ0v) is 16.0. The number of hydrogen-bond acceptors (Lipinski definition) is 4. The Balaban J connectivity index is 1.82. The molecule has 0 saturated carbocycles. The molecular formula is C16H9BrCl2N4S. The zero-order chi connectivity index (χ0) is 16.7. The second-order valence-electron chi connectivity index (χ2n) is 5.09. The molecule has 3 aromatic rings. The van der Waals surface area contributed by atoms with Gasteiger partial charge in [0, 0.05) is 20.8 Å². The summed E-state index contributed by atoms with van der Waals surface area (Å²) in [5.74, 6) is 1.34. The molecular weight excluding hydrogens is 431 g/mol. The summed E-state index contributed by atoms with van der Waals surface area (Å²) in [6.45, 7) is 0. The number of fused-ring (bicyclic) bond motifs is 1. The highest BCUT2D eigenvalue weighted by Gasteiger charge is 2.22. The number of thioether (sulfide) groups is 1. The molecule has 0 unspecified atom stereocenters. The van der Waals surface area contributed by atoms with Crippen LogP contribution in [0, 0.1) is 0 Å². The lowest BCUT2D eigenvalue weighted by molar-refractivity contribution is 0.762. The van der Waals surface area contributed by atoms with Crippen molar-refractivity contribution in [2.45, 2.75) is 5.16 Å². The van der Waals surface area contributed by atoms with Gasteiger partial charge in [-0.2, -0.15) is 9.78 Å². The van der Waals surface area contributed by atoms with Crippen molar-refractivity contribution in [3.05, 3.63) is 62.5 Å². The summed E-state index contributed by atoms with van der Waals surface area (Å²) < 4.78 is 2.75. The number of rotatable bonds is 2. The van der Waals surface area contributed by atoms with Crippen LogP contribution in [0.25, 0.3) is 11.4 Å². The maximum atomic E-state index is 6.31. The van der Waals surface area contributed by atoms with Crippen LogP contribution >= 0.6 is 50.9 Å². The number of aromatic nitrogens is 3. The highest BCUT2D eigenvalue weighted by Crippen LogP contribution is 2.33. The summed E-state index contributed by atoms with van der Waals surface area (Å²) in [5.41, 5.74) is 2.77. The minimum atomic E-state index is 0.521. The highest BCUT2D eigenvalue weighted by molar-refractivity contribution is 9.10. The van der Waals surface area contributed by atoms with Crippen LogP contribution in [0.4, 0.5) is 0 Å². The molecule has 0 fully saturated rings. The molecule has 4 rings (SSSR count). The summed E-state index contributed by atoms with van der Waals surface area (Å²) >= 11 is 17.4. The minimum Gasteiger partial charge on any atom is -0.186 e. The molecule has 0 bridgehead atoms. The highest BCUT2D eigenvalue weighted by atomic mass is 79.9. The quantitative estimate of drug-likeness (QED) is 0.538. The van der Waals surface area contributed by atoms with Gasteiger partial charge in [-0.3, -0.25) is 0 Å². The summed E-state index contributed by atoms with van der Waals surface area (Å²) in [7, 11) is 0. The third-order valence-electron chi connectivity index (χ3n) is 3.50. The maximum absolute atomic E-state index is 6.31. The van der Waals surface area contributed by atoms with Crippen molar-refractivity contribution < 1.29 is 0 Å². The lowest BCUT2D eigenvalue weighted by atomic mass is 10.1. The zero-order valence-electron chi connectivity index (χ0n) is 12.1. The Labute approximate surface area is 161 Å². The van der Waals surface area contributed by atoms with Gasteiger partial charge in [0.25, 0.3) is 0 Å². The van der Waals surface area contributed by atoms with Crippen LogP contribution in [0.2, 0.25) is 10.0 Å². The third-order valence-corrected chi connectivity index (χ3v) is 5.47. The van der Waals surface area contributed by atoms with E-state index in [0.29, 0.717) is 15.9 Å². The Kier molecular flexibility index (Phi) is 4.39. The van der Waals surface area contributed by atoms with Crippen molar-refractivity contribution in [2.75, 3.05) is 5.75 Å². The first-order chi connectivity index (χ1) is 11.6. The first-order valence-corrected chi connectivity index (χ1v) is 9.53. The normalized spacial score (nSPS) is 13.5. The summed E-state index contributed by atoms with van der Waals surface area (Å²) in [6, 6.07) is 13.4. The molecule has 2 aromatic carbocycles. The molecule has 4 nitrogen and oxygen atoms in total. The number of benzene rings is 2. The van der Waals surface area contributed by atoms with Gasteiger partial charge in [0.2, 0.25) is 5.16 Å². The molecule has 2 heterocycles. The molecule has 120 valence electrons. The Morgan fingerprint density at radius 1 is 1.08 bits per heavy atom. The van der Waals surface area contributed by atoms with Crippen molar-refractivity contribution >= 4 is 56.6 Å². The van der Waals surface area contributed by atoms with Gasteiger partial charge in [0.15, 0.2) is 5.82 Å². The second-order valence-corrected chi connectivity index (χ2v) is 7.79. The first kappa shape index (κ1) is 16.1. The van der Waals surface area contributed by atoms with Gasteiger partial charge in [0.1, 0.15) is 0 Å². The topological polar surface area (TPSA) is 43.1 Å². The molecule has 8 heteroatoms. The van der Waals surface area contributed by atoms with E-state index in [1.807, 2.05) is 30.3 Å². The Bertz CT molecular complexity index is 970. The molecule has 1 aromatic heterocycles. The van der Waals surface area contributed by atoms with E-state index in [1.54, 1.807) is 28.6 Å². The van der Waals surface area contributed by atoms with Crippen LogP contribution in [0.1, 0.15) is 5.56 Å². The average Bonchev–Trinajstić information content (AvgIpc) is 2.98. The molecule has 0 radical (unpaired) electrons. The van der Waals surface area contributed by atoms with Crippen LogP contribution in [0.3, 0.4) is 0 Å². The average molecular weight is 440 g/mol. The second kappa shape index (κ2) is 6.52. The van der Waals surface area contributed by atoms with Crippen LogP contribution in [0.15, 0.2) is 57.2 Å². The van der Waals surface area contributed by atoms with Crippen molar-refractivity contribution in [1.29, 1.82) is 0 Å². The first-order valence-electron chi connectivity index (χ1n) is 6.99. The van der Waals surface area contributed by atoms with Gasteiger partial charge in [-0.1, -0.05) is 63.0 Å². The monoisotopic (exact) mass is 438 g/mol. The lowest BCUT2D eigenvalue weighted by Crippen LogP contribution is -2.13. The van der Waals surface area contributed by atoms with Gasteiger partial charge in [-0.05, 0) is 35.9 Å². The standard InChI is InChI=1S/C16H9BrCl2N4S/c17-10-3-1-2-9(6-10)14-8-24-16-21-20-15(23(16)22-14)12-5-4-11(18)7-13(12)19/h1-7H,8H2. The Hall–Kier alpha value is -1.34. The molecule has 0 aliphatic carbocycles. The Morgan fingerprint density at radius 2 is 1.96 bits per heavy atom. The fourth-order valence-electron chi connectivity index (χ4n) is 2.38. The van der Waals surface area contributed by atoms with Crippen LogP contribution < -0.4 is 0 Å². The van der Waals surface area contributed by atoms with Crippen LogP contribution in [0.5, 0.6) is 0 Å². The van der Waals surface area contributed by atoms with E-state index in [1.165, 1.54) is 0 Å². The fourth-order valence-corrected chi connectivity index (χ4v) is 4.11. The van der Waals surface area contributed by atoms with E-state index >= 15 is 0 Å². The van der Waals surface area contributed by atoms with Gasteiger partial charge < -0.3 is 0 Å². The molecule has 0 atom stereocenters. The van der Waals surface area contributed by atoms with E-state index in [-0.39, 0.29) is 0 Å². The largest absolute Gasteiger partial charge is 0.212 e. The number of hydrogen-bond donors (Lipinski definition) is 0. The summed E-state index contributed by atoms with van der Waals surface area (Å²) in [6.07, 6.45) is 0. The predicted octanol–water partition coefficient (Wildman–Crippen LogP) is 5.37. The maximum Gasteiger partial charge on any atom is 0.212 e. The van der Waals surface area contributed by atoms with E-state index in [0.717, 1.165) is 32.2 Å². The molecule has 0 saturated heterocycles. The van der Waals surface area contributed by atoms with Gasteiger partial charge in [0.05, 0.1) is 10.7 Å². The number of nitrogens with zero attached hydrogens (tertiary/aromatic N) is 4. The number of halogens is 3. The summed E-state index contributed by atoms with van der Waals surface area (Å²) in [4.78, 5) is 0. The van der Waals surface area contributed by atoms with Gasteiger partial charge in [-0.25, -0.2) is 0 Å². The summed E-state index contributed by atoms with van der Waals surface area (Å²) in [5, 5.41) is 15.0. The van der Waals surface area contributed by atoms with Crippen molar-refractivity contribution in [3.63, 3.8) is 0 Å². The van der Waals surface area contributed by atoms with Gasteiger partial charge >= 0.3 is 0 Å². The van der Waals surface area contributed by atoms with Crippen LogP contribution in [-0.4, -0.2) is 26.3 Å². The fraction of sp³-hybridized carbons (Fsp3) is 0.0625. The molecule has 1 aliphatic rings. The molecule has 0 N–H and O–H groups in total. The van der Waals surface area contributed by atoms with Crippen molar-refractivity contribution in [3.8, 4) is 11.4 Å². The SMILES string of the molecule is Clc1ccc(-c2nnc3n2N=C(c2cccc(Br)c2)CS3)c(Cl)c1. The van der Waals surface area contributed by atoms with Crippen molar-refractivity contribution in [2.24, 2.45) is 5.10 Å². The van der Waals surface area contributed by atoms with E-state index in [9.17, 15) is 0 Å². The van der Waals surface area contributed by atoms with E-state index in [4.69, 9.17) is 28.3 Å². The smallest absolute Gasteiger partial charge is 0.186 e. The molecule has 1 aliphatic heterocycles. The van der Waals surface area contributed by atoms with E-state index < -0.39 is 0 Å². The Morgan fingerprint density at radius 3 is 2.75 bits per heavy atom. The van der Waals surface area contributed by atoms with Crippen molar-refractivity contribution in [1.82, 2.24) is 14.9 Å². The van der Waals surface area contributed by atoms with E-state index in [2.05, 4.69) is 26.1 Å². The minimum absolute atomic E-state index is 0.521. The third kappa shape index (κ3) is 2.99.